The second-order valence-corrected chi connectivity index (χ2v) is 6.38. The molecule has 1 saturated heterocycles. The average Bonchev–Trinajstić information content (AvgIpc) is 2.98. The molecule has 3 nitrogen and oxygen atoms in total. The van der Waals surface area contributed by atoms with Gasteiger partial charge in [-0.05, 0) is 59.9 Å². The van der Waals surface area contributed by atoms with Gasteiger partial charge in [0.25, 0.3) is 5.91 Å². The van der Waals surface area contributed by atoms with E-state index in [4.69, 9.17) is 0 Å². The lowest BCUT2D eigenvalue weighted by molar-refractivity contribution is 0.0739. The summed E-state index contributed by atoms with van der Waals surface area (Å²) >= 11 is 3.12. The molecule has 1 fully saturated rings. The van der Waals surface area contributed by atoms with E-state index in [0.29, 0.717) is 22.6 Å². The highest BCUT2D eigenvalue weighted by molar-refractivity contribution is 9.10. The Bertz CT molecular complexity index is 489. The van der Waals surface area contributed by atoms with Gasteiger partial charge in [0.1, 0.15) is 5.82 Å². The third kappa shape index (κ3) is 4.51. The number of hydrogen-bond donors (Lipinski definition) is 1. The largest absolute Gasteiger partial charge is 0.337 e. The molecule has 0 bridgehead atoms. The van der Waals surface area contributed by atoms with Crippen LogP contribution in [0.1, 0.15) is 43.0 Å². The molecule has 1 amide bonds. The normalized spacial score (nSPS) is 18.0. The standard InChI is InChI=1S/C16H22BrFN2O/c1-2-3-9-20(11-13-5-4-8-19-13)16(21)12-6-7-14(17)15(18)10-12/h6-7,10,13,19H,2-5,8-9,11H2,1H3. The van der Waals surface area contributed by atoms with Crippen molar-refractivity contribution in [2.24, 2.45) is 0 Å². The summed E-state index contributed by atoms with van der Waals surface area (Å²) in [6.07, 6.45) is 4.27. The summed E-state index contributed by atoms with van der Waals surface area (Å²) in [5, 5.41) is 3.41. The summed E-state index contributed by atoms with van der Waals surface area (Å²) in [6, 6.07) is 4.95. The average molecular weight is 357 g/mol. The predicted molar refractivity (Wildman–Crippen MR) is 85.9 cm³/mol. The van der Waals surface area contributed by atoms with Crippen molar-refractivity contribution in [3.8, 4) is 0 Å². The van der Waals surface area contributed by atoms with E-state index < -0.39 is 5.82 Å². The van der Waals surface area contributed by atoms with Crippen molar-refractivity contribution in [3.63, 3.8) is 0 Å². The maximum Gasteiger partial charge on any atom is 0.254 e. The molecule has 0 saturated carbocycles. The molecule has 1 aliphatic heterocycles. The first-order valence-electron chi connectivity index (χ1n) is 7.59. The van der Waals surface area contributed by atoms with Crippen LogP contribution >= 0.6 is 15.9 Å². The topological polar surface area (TPSA) is 32.3 Å². The number of unbranched alkanes of at least 4 members (excludes halogenated alkanes) is 1. The molecule has 1 atom stereocenters. The highest BCUT2D eigenvalue weighted by Gasteiger charge is 2.22. The molecule has 1 aromatic rings. The number of carbonyl (C=O) groups is 1. The van der Waals surface area contributed by atoms with Gasteiger partial charge in [-0.25, -0.2) is 4.39 Å². The molecular formula is C16H22BrFN2O. The van der Waals surface area contributed by atoms with Crippen molar-refractivity contribution >= 4 is 21.8 Å². The summed E-state index contributed by atoms with van der Waals surface area (Å²) in [4.78, 5) is 14.5. The van der Waals surface area contributed by atoms with Gasteiger partial charge in [0.2, 0.25) is 0 Å². The highest BCUT2D eigenvalue weighted by Crippen LogP contribution is 2.18. The molecule has 1 unspecified atom stereocenters. The molecular weight excluding hydrogens is 335 g/mol. The smallest absolute Gasteiger partial charge is 0.254 e. The van der Waals surface area contributed by atoms with Gasteiger partial charge in [0.15, 0.2) is 0 Å². The summed E-state index contributed by atoms with van der Waals surface area (Å²) in [7, 11) is 0. The molecule has 0 aromatic heterocycles. The first-order valence-corrected chi connectivity index (χ1v) is 8.39. The SMILES string of the molecule is CCCCN(CC1CCCN1)C(=O)c1ccc(Br)c(F)c1. The van der Waals surface area contributed by atoms with Crippen molar-refractivity contribution < 1.29 is 9.18 Å². The van der Waals surface area contributed by atoms with Crippen LogP contribution in [0, 0.1) is 5.82 Å². The fraction of sp³-hybridized carbons (Fsp3) is 0.562. The number of hydrogen-bond acceptors (Lipinski definition) is 2. The molecule has 0 aliphatic carbocycles. The zero-order valence-corrected chi connectivity index (χ0v) is 14.0. The Morgan fingerprint density at radius 3 is 2.95 bits per heavy atom. The Balaban J connectivity index is 2.09. The number of rotatable bonds is 6. The van der Waals surface area contributed by atoms with Crippen molar-refractivity contribution in [3.05, 3.63) is 34.1 Å². The number of benzene rings is 1. The molecule has 1 N–H and O–H groups in total. The van der Waals surface area contributed by atoms with Crippen LogP contribution in [0.4, 0.5) is 4.39 Å². The Morgan fingerprint density at radius 1 is 1.52 bits per heavy atom. The lowest BCUT2D eigenvalue weighted by Crippen LogP contribution is -2.41. The summed E-state index contributed by atoms with van der Waals surface area (Å²) in [6.45, 7) is 4.56. The first kappa shape index (κ1) is 16.4. The number of carbonyl (C=O) groups excluding carboxylic acids is 1. The Morgan fingerprint density at radius 2 is 2.33 bits per heavy atom. The van der Waals surface area contributed by atoms with Crippen LogP contribution in [-0.2, 0) is 0 Å². The number of halogens is 2. The van der Waals surface area contributed by atoms with Crippen molar-refractivity contribution in [1.29, 1.82) is 0 Å². The number of amides is 1. The molecule has 5 heteroatoms. The molecule has 0 radical (unpaired) electrons. The summed E-state index contributed by atoms with van der Waals surface area (Å²) < 4.78 is 14.0. The van der Waals surface area contributed by atoms with Crippen LogP contribution in [0.5, 0.6) is 0 Å². The Hall–Kier alpha value is -0.940. The minimum atomic E-state index is -0.393. The molecule has 1 aliphatic rings. The lowest BCUT2D eigenvalue weighted by Gasteiger charge is -2.26. The van der Waals surface area contributed by atoms with E-state index in [2.05, 4.69) is 28.2 Å². The second-order valence-electron chi connectivity index (χ2n) is 5.53. The Labute approximate surface area is 134 Å². The molecule has 2 rings (SSSR count). The van der Waals surface area contributed by atoms with E-state index in [0.717, 1.165) is 38.8 Å². The second kappa shape index (κ2) is 7.90. The zero-order valence-electron chi connectivity index (χ0n) is 12.4. The minimum absolute atomic E-state index is 0.0800. The minimum Gasteiger partial charge on any atom is -0.337 e. The third-order valence-electron chi connectivity index (χ3n) is 3.84. The quantitative estimate of drug-likeness (QED) is 0.844. The van der Waals surface area contributed by atoms with E-state index in [9.17, 15) is 9.18 Å². The fourth-order valence-electron chi connectivity index (χ4n) is 2.62. The molecule has 21 heavy (non-hydrogen) atoms. The van der Waals surface area contributed by atoms with Crippen LogP contribution in [0.3, 0.4) is 0 Å². The van der Waals surface area contributed by atoms with Crippen LogP contribution in [-0.4, -0.2) is 36.5 Å². The molecule has 1 heterocycles. The van der Waals surface area contributed by atoms with Gasteiger partial charge >= 0.3 is 0 Å². The predicted octanol–water partition coefficient (Wildman–Crippen LogP) is 3.58. The van der Waals surface area contributed by atoms with Crippen molar-refractivity contribution in [2.75, 3.05) is 19.6 Å². The monoisotopic (exact) mass is 356 g/mol. The van der Waals surface area contributed by atoms with Gasteiger partial charge in [-0.15, -0.1) is 0 Å². The van der Waals surface area contributed by atoms with Crippen molar-refractivity contribution in [2.45, 2.75) is 38.6 Å². The van der Waals surface area contributed by atoms with E-state index >= 15 is 0 Å². The van der Waals surface area contributed by atoms with Gasteiger partial charge in [0, 0.05) is 24.7 Å². The van der Waals surface area contributed by atoms with Gasteiger partial charge in [0.05, 0.1) is 4.47 Å². The molecule has 1 aromatic carbocycles. The Kier molecular flexibility index (Phi) is 6.18. The van der Waals surface area contributed by atoms with Crippen LogP contribution < -0.4 is 5.32 Å². The molecule has 0 spiro atoms. The van der Waals surface area contributed by atoms with Gasteiger partial charge in [-0.3, -0.25) is 4.79 Å². The van der Waals surface area contributed by atoms with Crippen LogP contribution in [0.15, 0.2) is 22.7 Å². The maximum absolute atomic E-state index is 13.6. The lowest BCUT2D eigenvalue weighted by atomic mass is 10.1. The zero-order chi connectivity index (χ0) is 15.2. The first-order chi connectivity index (χ1) is 10.1. The van der Waals surface area contributed by atoms with E-state index in [-0.39, 0.29) is 5.91 Å². The third-order valence-corrected chi connectivity index (χ3v) is 4.48. The van der Waals surface area contributed by atoms with Crippen molar-refractivity contribution in [1.82, 2.24) is 10.2 Å². The summed E-state index contributed by atoms with van der Waals surface area (Å²) in [5.41, 5.74) is 0.421. The molecule has 116 valence electrons. The van der Waals surface area contributed by atoms with Crippen LogP contribution in [0.25, 0.3) is 0 Å². The fourth-order valence-corrected chi connectivity index (χ4v) is 2.86. The van der Waals surface area contributed by atoms with Gasteiger partial charge < -0.3 is 10.2 Å². The highest BCUT2D eigenvalue weighted by atomic mass is 79.9. The van der Waals surface area contributed by atoms with Gasteiger partial charge in [-0.2, -0.15) is 0 Å². The summed E-state index contributed by atoms with van der Waals surface area (Å²) in [5.74, 6) is -0.473. The van der Waals surface area contributed by atoms with E-state index in [1.54, 1.807) is 12.1 Å². The van der Waals surface area contributed by atoms with E-state index in [1.165, 1.54) is 6.07 Å². The van der Waals surface area contributed by atoms with Gasteiger partial charge in [-0.1, -0.05) is 13.3 Å². The number of nitrogens with one attached hydrogen (secondary N) is 1. The van der Waals surface area contributed by atoms with Crippen LogP contribution in [0.2, 0.25) is 0 Å². The van der Waals surface area contributed by atoms with E-state index in [1.807, 2.05) is 4.90 Å². The maximum atomic E-state index is 13.6. The number of nitrogens with zero attached hydrogens (tertiary/aromatic N) is 1.